The molecule has 0 atom stereocenters. The molecule has 0 aliphatic carbocycles. The van der Waals surface area contributed by atoms with Crippen LogP contribution in [-0.2, 0) is 10.0 Å². The van der Waals surface area contributed by atoms with Crippen molar-refractivity contribution in [2.75, 3.05) is 4.72 Å². The summed E-state index contributed by atoms with van der Waals surface area (Å²) >= 11 is 0.848. The molecule has 0 saturated heterocycles. The fourth-order valence-electron chi connectivity index (χ4n) is 1.29. The zero-order valence-corrected chi connectivity index (χ0v) is 11.5. The molecule has 0 fully saturated rings. The number of hydrogen-bond acceptors (Lipinski definition) is 5. The van der Waals surface area contributed by atoms with E-state index < -0.39 is 16.0 Å². The minimum Gasteiger partial charge on any atom is -0.478 e. The molecule has 0 aliphatic rings. The van der Waals surface area contributed by atoms with Gasteiger partial charge in [0.25, 0.3) is 10.0 Å². The highest BCUT2D eigenvalue weighted by Gasteiger charge is 2.19. The average Bonchev–Trinajstić information content (AvgIpc) is 2.82. The highest BCUT2D eigenvalue weighted by Crippen LogP contribution is 2.22. The summed E-state index contributed by atoms with van der Waals surface area (Å²) in [6, 6.07) is 4.38. The molecule has 0 aliphatic heterocycles. The Balaban J connectivity index is 2.26. The number of nitrogens with zero attached hydrogens (tertiary/aromatic N) is 1. The van der Waals surface area contributed by atoms with E-state index in [1.165, 1.54) is 11.6 Å². The highest BCUT2D eigenvalue weighted by atomic mass is 32.2. The van der Waals surface area contributed by atoms with Gasteiger partial charge >= 0.3 is 5.97 Å². The van der Waals surface area contributed by atoms with Crippen LogP contribution in [0.5, 0.6) is 0 Å². The largest absolute Gasteiger partial charge is 0.478 e. The summed E-state index contributed by atoms with van der Waals surface area (Å²) < 4.78 is 26.2. The average molecular weight is 298 g/mol. The first-order chi connectivity index (χ1) is 8.88. The predicted octanol–water partition coefficient (Wildman–Crippen LogP) is 1.95. The van der Waals surface area contributed by atoms with Gasteiger partial charge in [0.15, 0.2) is 0 Å². The van der Waals surface area contributed by atoms with Gasteiger partial charge in [0.2, 0.25) is 0 Å². The lowest BCUT2D eigenvalue weighted by Crippen LogP contribution is -2.12. The standard InChI is InChI=1S/C11H10N2O4S2/c1-7-2-3-9(12-5-7)13-19(16,17)10-4-8(6-18-10)11(14)15/h2-6H,1H3,(H,12,13)(H,14,15). The first kappa shape index (κ1) is 13.5. The second-order valence-electron chi connectivity index (χ2n) is 3.79. The van der Waals surface area contributed by atoms with Gasteiger partial charge in [-0.15, -0.1) is 11.3 Å². The molecule has 2 N–H and O–H groups in total. The van der Waals surface area contributed by atoms with Crippen LogP contribution in [0.2, 0.25) is 0 Å². The number of hydrogen-bond donors (Lipinski definition) is 2. The molecule has 2 heterocycles. The van der Waals surface area contributed by atoms with E-state index in [9.17, 15) is 13.2 Å². The zero-order valence-electron chi connectivity index (χ0n) is 9.82. The van der Waals surface area contributed by atoms with Crippen molar-refractivity contribution >= 4 is 33.1 Å². The van der Waals surface area contributed by atoms with Crippen LogP contribution >= 0.6 is 11.3 Å². The molecule has 0 spiro atoms. The first-order valence-electron chi connectivity index (χ1n) is 5.16. The second-order valence-corrected chi connectivity index (χ2v) is 6.61. The summed E-state index contributed by atoms with van der Waals surface area (Å²) in [7, 11) is -3.80. The number of sulfonamides is 1. The SMILES string of the molecule is Cc1ccc(NS(=O)(=O)c2cc(C(=O)O)cs2)nc1. The van der Waals surface area contributed by atoms with Crippen LogP contribution in [0, 0.1) is 6.92 Å². The number of anilines is 1. The van der Waals surface area contributed by atoms with Gasteiger partial charge in [-0.25, -0.2) is 18.2 Å². The molecule has 2 rings (SSSR count). The van der Waals surface area contributed by atoms with Crippen LogP contribution in [0.4, 0.5) is 5.82 Å². The van der Waals surface area contributed by atoms with Crippen LogP contribution in [-0.4, -0.2) is 24.5 Å². The summed E-state index contributed by atoms with van der Waals surface area (Å²) in [6.45, 7) is 1.84. The summed E-state index contributed by atoms with van der Waals surface area (Å²) in [4.78, 5) is 14.6. The van der Waals surface area contributed by atoms with E-state index in [0.29, 0.717) is 0 Å². The summed E-state index contributed by atoms with van der Waals surface area (Å²) in [5, 5.41) is 10.0. The Hall–Kier alpha value is -1.93. The van der Waals surface area contributed by atoms with Crippen molar-refractivity contribution in [3.05, 3.63) is 40.9 Å². The smallest absolute Gasteiger partial charge is 0.336 e. The van der Waals surface area contributed by atoms with E-state index in [1.807, 2.05) is 6.92 Å². The molecule has 0 radical (unpaired) electrons. The summed E-state index contributed by atoms with van der Waals surface area (Å²) in [6.07, 6.45) is 1.54. The van der Waals surface area contributed by atoms with E-state index in [2.05, 4.69) is 9.71 Å². The van der Waals surface area contributed by atoms with Gasteiger partial charge in [-0.3, -0.25) is 4.72 Å². The molecule has 0 amide bonds. The molecule has 0 bridgehead atoms. The molecule has 2 aromatic heterocycles. The molecule has 6 nitrogen and oxygen atoms in total. The molecule has 2 aromatic rings. The van der Waals surface area contributed by atoms with E-state index in [4.69, 9.17) is 5.11 Å². The Kier molecular flexibility index (Phi) is 3.54. The number of carbonyl (C=O) groups is 1. The van der Waals surface area contributed by atoms with Crippen molar-refractivity contribution in [1.82, 2.24) is 4.98 Å². The molecule has 8 heteroatoms. The van der Waals surface area contributed by atoms with E-state index >= 15 is 0 Å². The van der Waals surface area contributed by atoms with Gasteiger partial charge < -0.3 is 5.11 Å². The van der Waals surface area contributed by atoms with E-state index in [0.717, 1.165) is 23.0 Å². The maximum atomic E-state index is 12.0. The van der Waals surface area contributed by atoms with Crippen molar-refractivity contribution in [3.8, 4) is 0 Å². The maximum Gasteiger partial charge on any atom is 0.336 e. The lowest BCUT2D eigenvalue weighted by atomic mass is 10.3. The lowest BCUT2D eigenvalue weighted by Gasteiger charge is -2.04. The normalized spacial score (nSPS) is 11.2. The van der Waals surface area contributed by atoms with E-state index in [1.54, 1.807) is 12.1 Å². The number of nitrogens with one attached hydrogen (secondary N) is 1. The zero-order chi connectivity index (χ0) is 14.0. The van der Waals surface area contributed by atoms with E-state index in [-0.39, 0.29) is 15.6 Å². The number of aromatic nitrogens is 1. The quantitative estimate of drug-likeness (QED) is 0.899. The Morgan fingerprint density at radius 3 is 2.68 bits per heavy atom. The third kappa shape index (κ3) is 3.09. The van der Waals surface area contributed by atoms with Crippen LogP contribution in [0.3, 0.4) is 0 Å². The van der Waals surface area contributed by atoms with Gasteiger partial charge in [0.05, 0.1) is 5.56 Å². The van der Waals surface area contributed by atoms with Crippen molar-refractivity contribution in [1.29, 1.82) is 0 Å². The monoisotopic (exact) mass is 298 g/mol. The van der Waals surface area contributed by atoms with Gasteiger partial charge in [-0.2, -0.15) is 0 Å². The fourth-order valence-corrected chi connectivity index (χ4v) is 3.45. The Morgan fingerprint density at radius 2 is 2.16 bits per heavy atom. The van der Waals surface area contributed by atoms with Gasteiger partial charge in [-0.1, -0.05) is 6.07 Å². The molecule has 0 saturated carbocycles. The predicted molar refractivity (Wildman–Crippen MR) is 71.1 cm³/mol. The minimum atomic E-state index is -3.80. The molecule has 0 unspecified atom stereocenters. The third-order valence-electron chi connectivity index (χ3n) is 2.24. The number of aromatic carboxylic acids is 1. The van der Waals surface area contributed by atoms with Crippen molar-refractivity contribution < 1.29 is 18.3 Å². The topological polar surface area (TPSA) is 96.4 Å². The molecule has 19 heavy (non-hydrogen) atoms. The van der Waals surface area contributed by atoms with Gasteiger partial charge in [0.1, 0.15) is 10.0 Å². The number of carboxylic acids is 1. The van der Waals surface area contributed by atoms with Crippen molar-refractivity contribution in [2.45, 2.75) is 11.1 Å². The number of thiophene rings is 1. The van der Waals surface area contributed by atoms with Gasteiger partial charge in [-0.05, 0) is 24.6 Å². The molecular weight excluding hydrogens is 288 g/mol. The summed E-state index contributed by atoms with van der Waals surface area (Å²) in [5.41, 5.74) is 0.856. The van der Waals surface area contributed by atoms with Crippen LogP contribution in [0.1, 0.15) is 15.9 Å². The molecule has 0 aromatic carbocycles. The first-order valence-corrected chi connectivity index (χ1v) is 7.52. The maximum absolute atomic E-state index is 12.0. The number of rotatable bonds is 4. The molecular formula is C11H10N2O4S2. The number of carboxylic acid groups (broad SMARTS) is 1. The number of pyridine rings is 1. The fraction of sp³-hybridized carbons (Fsp3) is 0.0909. The third-order valence-corrected chi connectivity index (χ3v) is 5.03. The van der Waals surface area contributed by atoms with Crippen LogP contribution in [0.15, 0.2) is 34.0 Å². The Morgan fingerprint density at radius 1 is 1.42 bits per heavy atom. The van der Waals surface area contributed by atoms with Crippen molar-refractivity contribution in [2.24, 2.45) is 0 Å². The minimum absolute atomic E-state index is 0.0535. The summed E-state index contributed by atoms with van der Waals surface area (Å²) in [5.74, 6) is -0.970. The van der Waals surface area contributed by atoms with Crippen LogP contribution < -0.4 is 4.72 Å². The van der Waals surface area contributed by atoms with Gasteiger partial charge in [0, 0.05) is 11.6 Å². The molecule has 100 valence electrons. The lowest BCUT2D eigenvalue weighted by molar-refractivity contribution is 0.0697. The highest BCUT2D eigenvalue weighted by molar-refractivity contribution is 7.94. The van der Waals surface area contributed by atoms with Crippen molar-refractivity contribution in [3.63, 3.8) is 0 Å². The Labute approximate surface area is 113 Å². The Bertz CT molecular complexity index is 705. The number of aryl methyl sites for hydroxylation is 1. The second kappa shape index (κ2) is 4.98. The van der Waals surface area contributed by atoms with Crippen LogP contribution in [0.25, 0.3) is 0 Å².